The van der Waals surface area contributed by atoms with Crippen molar-refractivity contribution in [3.05, 3.63) is 82.2 Å². The number of nitrogens with zero attached hydrogens (tertiary/aromatic N) is 2. The largest absolute Gasteiger partial charge is 0.459 e. The third kappa shape index (κ3) is 3.56. The number of carbonyl (C=O) groups excluding carboxylic acids is 2. The lowest BCUT2D eigenvalue weighted by molar-refractivity contribution is 0.0699. The molecule has 2 amide bonds. The van der Waals surface area contributed by atoms with Crippen molar-refractivity contribution in [1.29, 1.82) is 0 Å². The average Bonchev–Trinajstić information content (AvgIpc) is 3.45. The number of rotatable bonds is 3. The van der Waals surface area contributed by atoms with E-state index < -0.39 is 5.91 Å². The van der Waals surface area contributed by atoms with Crippen LogP contribution in [-0.4, -0.2) is 29.0 Å². The molecule has 2 aromatic heterocycles. The second-order valence-electron chi connectivity index (χ2n) is 7.93. The van der Waals surface area contributed by atoms with E-state index in [4.69, 9.17) is 8.83 Å². The van der Waals surface area contributed by atoms with Crippen LogP contribution >= 0.6 is 0 Å². The number of hydrogen-bond acceptors (Lipinski definition) is 5. The predicted octanol–water partition coefficient (Wildman–Crippen LogP) is 3.85. The Bertz CT molecular complexity index is 1170. The fourth-order valence-electron chi connectivity index (χ4n) is 4.38. The standard InChI is InChI=1S/C24H23N3O4/c1-15-21-18(25-26-23(28)20-10-5-13-30-20)8-4-9-19(21)31-22(15)24(29)27-12-11-16-6-2-3-7-17(16)14-27/h2-3,5-7,10,13H,4,8-9,11-12,14H2,1H3,(H,26,28)/b25-18+. The Morgan fingerprint density at radius 2 is 1.90 bits per heavy atom. The van der Waals surface area contributed by atoms with Gasteiger partial charge in [0.15, 0.2) is 11.5 Å². The molecule has 0 atom stereocenters. The van der Waals surface area contributed by atoms with E-state index >= 15 is 0 Å². The van der Waals surface area contributed by atoms with Crippen molar-refractivity contribution < 1.29 is 18.4 Å². The highest BCUT2D eigenvalue weighted by Gasteiger charge is 2.31. The van der Waals surface area contributed by atoms with Gasteiger partial charge in [-0.2, -0.15) is 5.10 Å². The number of aryl methyl sites for hydroxylation is 1. The van der Waals surface area contributed by atoms with Gasteiger partial charge in [-0.05, 0) is 49.4 Å². The summed E-state index contributed by atoms with van der Waals surface area (Å²) in [5.41, 5.74) is 7.38. The fourth-order valence-corrected chi connectivity index (χ4v) is 4.38. The number of nitrogens with one attached hydrogen (secondary N) is 1. The minimum absolute atomic E-state index is 0.0969. The van der Waals surface area contributed by atoms with Crippen molar-refractivity contribution in [2.24, 2.45) is 5.10 Å². The van der Waals surface area contributed by atoms with Gasteiger partial charge >= 0.3 is 5.91 Å². The van der Waals surface area contributed by atoms with E-state index in [9.17, 15) is 9.59 Å². The Balaban J connectivity index is 1.39. The van der Waals surface area contributed by atoms with Gasteiger partial charge in [0, 0.05) is 30.6 Å². The first-order valence-electron chi connectivity index (χ1n) is 10.5. The summed E-state index contributed by atoms with van der Waals surface area (Å²) in [5, 5.41) is 4.33. The molecule has 1 N–H and O–H groups in total. The molecule has 1 aliphatic heterocycles. The lowest BCUT2D eigenvalue weighted by Gasteiger charge is -2.28. The molecule has 3 aromatic rings. The van der Waals surface area contributed by atoms with Crippen LogP contribution in [-0.2, 0) is 19.4 Å². The van der Waals surface area contributed by atoms with Crippen LogP contribution in [0.15, 0.2) is 56.6 Å². The zero-order chi connectivity index (χ0) is 21.4. The van der Waals surface area contributed by atoms with E-state index in [2.05, 4.69) is 22.7 Å². The fraction of sp³-hybridized carbons (Fsp3) is 0.292. The molecule has 7 heteroatoms. The van der Waals surface area contributed by atoms with Gasteiger partial charge in [-0.1, -0.05) is 24.3 Å². The first-order chi connectivity index (χ1) is 15.1. The summed E-state index contributed by atoms with van der Waals surface area (Å²) in [5.74, 6) is 0.826. The monoisotopic (exact) mass is 417 g/mol. The van der Waals surface area contributed by atoms with Crippen LogP contribution in [0.3, 0.4) is 0 Å². The molecule has 3 heterocycles. The van der Waals surface area contributed by atoms with Gasteiger partial charge in [0.25, 0.3) is 5.91 Å². The second-order valence-corrected chi connectivity index (χ2v) is 7.93. The zero-order valence-electron chi connectivity index (χ0n) is 17.3. The van der Waals surface area contributed by atoms with Crippen molar-refractivity contribution >= 4 is 17.5 Å². The number of carbonyl (C=O) groups is 2. The van der Waals surface area contributed by atoms with Crippen LogP contribution < -0.4 is 5.43 Å². The molecule has 0 saturated heterocycles. The maximum Gasteiger partial charge on any atom is 0.307 e. The van der Waals surface area contributed by atoms with Crippen LogP contribution in [0.5, 0.6) is 0 Å². The summed E-state index contributed by atoms with van der Waals surface area (Å²) in [4.78, 5) is 27.3. The molecular weight excluding hydrogens is 394 g/mol. The van der Waals surface area contributed by atoms with Crippen LogP contribution in [0.25, 0.3) is 0 Å². The number of hydrazone groups is 1. The number of hydrogen-bond donors (Lipinski definition) is 1. The van der Waals surface area contributed by atoms with Gasteiger partial charge in [0.05, 0.1) is 12.0 Å². The highest BCUT2D eigenvalue weighted by atomic mass is 16.4. The van der Waals surface area contributed by atoms with E-state index in [0.29, 0.717) is 25.3 Å². The smallest absolute Gasteiger partial charge is 0.307 e. The van der Waals surface area contributed by atoms with Gasteiger partial charge in [-0.15, -0.1) is 0 Å². The van der Waals surface area contributed by atoms with E-state index in [1.54, 1.807) is 12.1 Å². The molecule has 2 aliphatic rings. The minimum atomic E-state index is -0.408. The van der Waals surface area contributed by atoms with Gasteiger partial charge in [0.1, 0.15) is 5.76 Å². The SMILES string of the molecule is Cc1c(C(=O)N2CCc3ccccc3C2)oc2c1/C(=N/NC(=O)c1ccco1)CCC2. The van der Waals surface area contributed by atoms with Crippen LogP contribution in [0.4, 0.5) is 0 Å². The van der Waals surface area contributed by atoms with Crippen molar-refractivity contribution in [3.8, 4) is 0 Å². The van der Waals surface area contributed by atoms with E-state index in [1.807, 2.05) is 24.0 Å². The lowest BCUT2D eigenvalue weighted by atomic mass is 9.93. The molecule has 5 rings (SSSR count). The molecule has 0 fully saturated rings. The Labute approximate surface area is 179 Å². The Hall–Kier alpha value is -3.61. The Kier molecular flexibility index (Phi) is 4.94. The number of furan rings is 2. The van der Waals surface area contributed by atoms with Gasteiger partial charge in [-0.3, -0.25) is 9.59 Å². The summed E-state index contributed by atoms with van der Waals surface area (Å²) < 4.78 is 11.2. The molecule has 31 heavy (non-hydrogen) atoms. The number of benzene rings is 1. The van der Waals surface area contributed by atoms with Crippen LogP contribution in [0, 0.1) is 6.92 Å². The second kappa shape index (κ2) is 7.91. The molecule has 0 saturated carbocycles. The summed E-state index contributed by atoms with van der Waals surface area (Å²) in [6.07, 6.45) is 4.58. The lowest BCUT2D eigenvalue weighted by Crippen LogP contribution is -2.36. The maximum absolute atomic E-state index is 13.3. The Morgan fingerprint density at radius 1 is 1.06 bits per heavy atom. The Morgan fingerprint density at radius 3 is 2.71 bits per heavy atom. The molecule has 158 valence electrons. The predicted molar refractivity (Wildman–Crippen MR) is 114 cm³/mol. The quantitative estimate of drug-likeness (QED) is 0.656. The average molecular weight is 417 g/mol. The van der Waals surface area contributed by atoms with E-state index in [0.717, 1.165) is 41.9 Å². The first kappa shape index (κ1) is 19.4. The van der Waals surface area contributed by atoms with Gasteiger partial charge in [-0.25, -0.2) is 5.43 Å². The van der Waals surface area contributed by atoms with Crippen molar-refractivity contribution in [2.45, 2.75) is 39.2 Å². The minimum Gasteiger partial charge on any atom is -0.459 e. The summed E-state index contributed by atoms with van der Waals surface area (Å²) in [6, 6.07) is 11.5. The van der Waals surface area contributed by atoms with Gasteiger partial charge in [0.2, 0.25) is 0 Å². The third-order valence-electron chi connectivity index (χ3n) is 5.98. The number of fused-ring (bicyclic) bond motifs is 2. The molecule has 0 unspecified atom stereocenters. The highest BCUT2D eigenvalue weighted by molar-refractivity contribution is 6.07. The van der Waals surface area contributed by atoms with Crippen molar-refractivity contribution in [3.63, 3.8) is 0 Å². The summed E-state index contributed by atoms with van der Waals surface area (Å²) in [6.45, 7) is 3.14. The third-order valence-corrected chi connectivity index (χ3v) is 5.98. The van der Waals surface area contributed by atoms with Crippen LogP contribution in [0.2, 0.25) is 0 Å². The normalized spacial score (nSPS) is 16.7. The molecular formula is C24H23N3O4. The first-order valence-corrected chi connectivity index (χ1v) is 10.5. The molecule has 7 nitrogen and oxygen atoms in total. The van der Waals surface area contributed by atoms with Crippen molar-refractivity contribution in [1.82, 2.24) is 10.3 Å². The molecule has 1 aliphatic carbocycles. The van der Waals surface area contributed by atoms with Crippen LogP contribution in [0.1, 0.15) is 62.0 Å². The maximum atomic E-state index is 13.3. The zero-order valence-corrected chi connectivity index (χ0v) is 17.3. The van der Waals surface area contributed by atoms with E-state index in [-0.39, 0.29) is 11.7 Å². The van der Waals surface area contributed by atoms with E-state index in [1.165, 1.54) is 17.4 Å². The highest BCUT2D eigenvalue weighted by Crippen LogP contribution is 2.31. The molecule has 1 aromatic carbocycles. The molecule has 0 spiro atoms. The summed E-state index contributed by atoms with van der Waals surface area (Å²) in [7, 11) is 0. The summed E-state index contributed by atoms with van der Waals surface area (Å²) >= 11 is 0. The number of amides is 2. The van der Waals surface area contributed by atoms with Gasteiger partial charge < -0.3 is 13.7 Å². The van der Waals surface area contributed by atoms with Crippen molar-refractivity contribution in [2.75, 3.05) is 6.54 Å². The molecule has 0 bridgehead atoms. The molecule has 0 radical (unpaired) electrons. The topological polar surface area (TPSA) is 88.0 Å².